The molecule has 1 N–H and O–H groups in total. The Hall–Kier alpha value is -1.62. The third kappa shape index (κ3) is 2.14. The van der Waals surface area contributed by atoms with Crippen LogP contribution in [0.5, 0.6) is 0 Å². The van der Waals surface area contributed by atoms with Crippen molar-refractivity contribution >= 4 is 27.5 Å². The number of benzene rings is 1. The lowest BCUT2D eigenvalue weighted by molar-refractivity contribution is 0.101. The maximum absolute atomic E-state index is 11.9. The Bertz CT molecular complexity index is 488. The van der Waals surface area contributed by atoms with Crippen molar-refractivity contribution in [3.05, 3.63) is 46.7 Å². The zero-order valence-electron chi connectivity index (χ0n) is 8.64. The number of hydrogen-bond acceptors (Lipinski definition) is 2. The molecule has 2 aromatic rings. The fraction of sp³-hybridized carbons (Fsp3) is 0.0909. The van der Waals surface area contributed by atoms with E-state index in [9.17, 15) is 4.79 Å². The van der Waals surface area contributed by atoms with Gasteiger partial charge in [0.2, 0.25) is 0 Å². The number of nitrogens with zero attached hydrogens (tertiary/aromatic N) is 2. The van der Waals surface area contributed by atoms with Gasteiger partial charge in [-0.25, -0.2) is 0 Å². The maximum Gasteiger partial charge on any atom is 0.275 e. The smallest absolute Gasteiger partial charge is 0.275 e. The fourth-order valence-corrected chi connectivity index (χ4v) is 1.91. The van der Waals surface area contributed by atoms with Crippen LogP contribution in [0, 0.1) is 0 Å². The molecule has 0 saturated carbocycles. The summed E-state index contributed by atoms with van der Waals surface area (Å²) in [5, 5.41) is 6.78. The lowest BCUT2D eigenvalue weighted by atomic mass is 10.3. The van der Waals surface area contributed by atoms with E-state index >= 15 is 0 Å². The molecule has 0 spiro atoms. The van der Waals surface area contributed by atoms with Crippen LogP contribution in [-0.2, 0) is 7.05 Å². The van der Waals surface area contributed by atoms with Crippen molar-refractivity contribution < 1.29 is 4.79 Å². The van der Waals surface area contributed by atoms with E-state index in [1.54, 1.807) is 13.2 Å². The Kier molecular flexibility index (Phi) is 3.05. The van der Waals surface area contributed by atoms with Gasteiger partial charge >= 0.3 is 0 Å². The molecule has 1 aromatic heterocycles. The van der Waals surface area contributed by atoms with E-state index in [-0.39, 0.29) is 5.91 Å². The van der Waals surface area contributed by atoms with Crippen LogP contribution in [0.25, 0.3) is 0 Å². The summed E-state index contributed by atoms with van der Waals surface area (Å²) < 4.78 is 2.21. The number of halogens is 1. The van der Waals surface area contributed by atoms with Gasteiger partial charge in [-0.1, -0.05) is 18.2 Å². The number of carbonyl (C=O) groups excluding carboxylic acids is 1. The SMILES string of the molecule is Cn1ncc(Br)c1C(=O)Nc1ccccc1. The van der Waals surface area contributed by atoms with Gasteiger partial charge in [-0.3, -0.25) is 9.48 Å². The number of aromatic nitrogens is 2. The van der Waals surface area contributed by atoms with Gasteiger partial charge in [0.15, 0.2) is 0 Å². The highest BCUT2D eigenvalue weighted by atomic mass is 79.9. The Balaban J connectivity index is 2.22. The summed E-state index contributed by atoms with van der Waals surface area (Å²) in [6, 6.07) is 9.31. The Labute approximate surface area is 101 Å². The molecule has 16 heavy (non-hydrogen) atoms. The van der Waals surface area contributed by atoms with Crippen LogP contribution in [0.4, 0.5) is 5.69 Å². The molecule has 1 heterocycles. The van der Waals surface area contributed by atoms with Gasteiger partial charge in [-0.2, -0.15) is 5.10 Å². The van der Waals surface area contributed by atoms with Crippen molar-refractivity contribution in [3.8, 4) is 0 Å². The van der Waals surface area contributed by atoms with Crippen molar-refractivity contribution in [2.75, 3.05) is 5.32 Å². The quantitative estimate of drug-likeness (QED) is 0.918. The first-order chi connectivity index (χ1) is 7.68. The summed E-state index contributed by atoms with van der Waals surface area (Å²) in [5.74, 6) is -0.182. The molecule has 0 aliphatic heterocycles. The number of amides is 1. The van der Waals surface area contributed by atoms with Crippen molar-refractivity contribution in [2.24, 2.45) is 7.05 Å². The maximum atomic E-state index is 11.9. The summed E-state index contributed by atoms with van der Waals surface area (Å²) >= 11 is 3.29. The zero-order chi connectivity index (χ0) is 11.5. The van der Waals surface area contributed by atoms with Gasteiger partial charge in [0.05, 0.1) is 10.7 Å². The molecule has 0 bridgehead atoms. The average Bonchev–Trinajstić information content (AvgIpc) is 2.60. The molecule has 0 saturated heterocycles. The Morgan fingerprint density at radius 3 is 2.62 bits per heavy atom. The largest absolute Gasteiger partial charge is 0.321 e. The van der Waals surface area contributed by atoms with E-state index in [0.717, 1.165) is 5.69 Å². The second-order valence-corrected chi connectivity index (χ2v) is 4.14. The molecule has 1 amide bonds. The van der Waals surface area contributed by atoms with Gasteiger partial charge in [-0.05, 0) is 28.1 Å². The average molecular weight is 280 g/mol. The fourth-order valence-electron chi connectivity index (χ4n) is 1.38. The lowest BCUT2D eigenvalue weighted by Crippen LogP contribution is -2.16. The van der Waals surface area contributed by atoms with E-state index < -0.39 is 0 Å². The van der Waals surface area contributed by atoms with Crippen LogP contribution in [0.1, 0.15) is 10.5 Å². The molecule has 0 atom stereocenters. The van der Waals surface area contributed by atoms with Crippen LogP contribution in [0.2, 0.25) is 0 Å². The van der Waals surface area contributed by atoms with Gasteiger partial charge in [-0.15, -0.1) is 0 Å². The van der Waals surface area contributed by atoms with Gasteiger partial charge < -0.3 is 5.32 Å². The van der Waals surface area contributed by atoms with E-state index in [4.69, 9.17) is 0 Å². The molecule has 5 heteroatoms. The lowest BCUT2D eigenvalue weighted by Gasteiger charge is -2.05. The first-order valence-corrected chi connectivity index (χ1v) is 5.51. The van der Waals surface area contributed by atoms with E-state index in [0.29, 0.717) is 10.2 Å². The minimum atomic E-state index is -0.182. The highest BCUT2D eigenvalue weighted by Crippen LogP contribution is 2.16. The number of aryl methyl sites for hydroxylation is 1. The van der Waals surface area contributed by atoms with Crippen LogP contribution in [0.15, 0.2) is 41.0 Å². The van der Waals surface area contributed by atoms with Crippen LogP contribution >= 0.6 is 15.9 Å². The molecular formula is C11H10BrN3O. The molecule has 0 aliphatic rings. The van der Waals surface area contributed by atoms with Gasteiger partial charge in [0.1, 0.15) is 5.69 Å². The number of anilines is 1. The van der Waals surface area contributed by atoms with Crippen molar-refractivity contribution in [2.45, 2.75) is 0 Å². The highest BCUT2D eigenvalue weighted by molar-refractivity contribution is 9.10. The van der Waals surface area contributed by atoms with E-state index in [1.165, 1.54) is 4.68 Å². The number of carbonyl (C=O) groups is 1. The normalized spacial score (nSPS) is 10.1. The number of hydrogen-bond donors (Lipinski definition) is 1. The zero-order valence-corrected chi connectivity index (χ0v) is 10.2. The number of para-hydroxylation sites is 1. The van der Waals surface area contributed by atoms with Crippen molar-refractivity contribution in [3.63, 3.8) is 0 Å². The molecule has 0 radical (unpaired) electrons. The van der Waals surface area contributed by atoms with Crippen LogP contribution < -0.4 is 5.32 Å². The molecule has 0 aliphatic carbocycles. The predicted octanol–water partition coefficient (Wildman–Crippen LogP) is 2.43. The molecule has 1 aromatic carbocycles. The summed E-state index contributed by atoms with van der Waals surface area (Å²) in [4.78, 5) is 11.9. The van der Waals surface area contributed by atoms with E-state index in [1.807, 2.05) is 30.3 Å². The Morgan fingerprint density at radius 2 is 2.06 bits per heavy atom. The van der Waals surface area contributed by atoms with E-state index in [2.05, 4.69) is 26.3 Å². The standard InChI is InChI=1S/C11H10BrN3O/c1-15-10(9(12)7-13-15)11(16)14-8-5-3-2-4-6-8/h2-7H,1H3,(H,14,16). The molecule has 82 valence electrons. The summed E-state index contributed by atoms with van der Waals surface area (Å²) in [6.07, 6.45) is 1.60. The van der Waals surface area contributed by atoms with Crippen molar-refractivity contribution in [1.29, 1.82) is 0 Å². The summed E-state index contributed by atoms with van der Waals surface area (Å²) in [5.41, 5.74) is 1.27. The highest BCUT2D eigenvalue weighted by Gasteiger charge is 2.14. The van der Waals surface area contributed by atoms with Gasteiger partial charge in [0.25, 0.3) is 5.91 Å². The molecule has 4 nitrogen and oxygen atoms in total. The second kappa shape index (κ2) is 4.49. The molecule has 0 fully saturated rings. The number of nitrogens with one attached hydrogen (secondary N) is 1. The third-order valence-corrected chi connectivity index (χ3v) is 2.72. The number of rotatable bonds is 2. The van der Waals surface area contributed by atoms with Crippen LogP contribution in [-0.4, -0.2) is 15.7 Å². The first kappa shape index (κ1) is 10.9. The minimum absolute atomic E-state index is 0.182. The topological polar surface area (TPSA) is 46.9 Å². The second-order valence-electron chi connectivity index (χ2n) is 3.28. The van der Waals surface area contributed by atoms with Gasteiger partial charge in [0, 0.05) is 12.7 Å². The predicted molar refractivity (Wildman–Crippen MR) is 65.3 cm³/mol. The summed E-state index contributed by atoms with van der Waals surface area (Å²) in [6.45, 7) is 0. The molecule has 2 rings (SSSR count). The first-order valence-electron chi connectivity index (χ1n) is 4.72. The van der Waals surface area contributed by atoms with Crippen molar-refractivity contribution in [1.82, 2.24) is 9.78 Å². The Morgan fingerprint density at radius 1 is 1.38 bits per heavy atom. The molecule has 0 unspecified atom stereocenters. The summed E-state index contributed by atoms with van der Waals surface area (Å²) in [7, 11) is 1.73. The van der Waals surface area contributed by atoms with Crippen LogP contribution in [0.3, 0.4) is 0 Å². The minimum Gasteiger partial charge on any atom is -0.321 e. The monoisotopic (exact) mass is 279 g/mol. The third-order valence-electron chi connectivity index (χ3n) is 2.14. The molecular weight excluding hydrogens is 270 g/mol.